The number of benzene rings is 1. The van der Waals surface area contributed by atoms with Crippen LogP contribution in [0.5, 0.6) is 0 Å². The summed E-state index contributed by atoms with van der Waals surface area (Å²) in [4.78, 5) is 69.1. The molecule has 3 aromatic heterocycles. The van der Waals surface area contributed by atoms with Gasteiger partial charge in [0.1, 0.15) is 18.1 Å². The number of hydrogen-bond donors (Lipinski definition) is 9. The Labute approximate surface area is 253 Å². The highest BCUT2D eigenvalue weighted by molar-refractivity contribution is 5.94. The van der Waals surface area contributed by atoms with Gasteiger partial charge in [-0.3, -0.25) is 14.4 Å². The normalized spacial score (nSPS) is 14.0. The van der Waals surface area contributed by atoms with E-state index in [0.717, 1.165) is 10.9 Å². The summed E-state index contributed by atoms with van der Waals surface area (Å²) in [6.07, 6.45) is 9.39. The van der Waals surface area contributed by atoms with E-state index in [0.29, 0.717) is 42.8 Å². The minimum atomic E-state index is -1.28. The van der Waals surface area contributed by atoms with Crippen molar-refractivity contribution in [1.29, 1.82) is 0 Å². The lowest BCUT2D eigenvalue weighted by Gasteiger charge is -2.25. The molecule has 0 aliphatic rings. The van der Waals surface area contributed by atoms with Crippen molar-refractivity contribution >= 4 is 34.6 Å². The largest absolute Gasteiger partial charge is 0.480 e. The van der Waals surface area contributed by atoms with Crippen molar-refractivity contribution in [1.82, 2.24) is 40.9 Å². The van der Waals surface area contributed by atoms with E-state index in [4.69, 9.17) is 11.5 Å². The molecule has 15 heteroatoms. The number of carboxylic acid groups (broad SMARTS) is 1. The minimum absolute atomic E-state index is 0.0103. The second-order valence-corrected chi connectivity index (χ2v) is 10.5. The number of carbonyl (C=O) groups excluding carboxylic acids is 3. The number of aromatic amines is 3. The van der Waals surface area contributed by atoms with Crippen LogP contribution in [0.25, 0.3) is 10.9 Å². The zero-order valence-electron chi connectivity index (χ0n) is 24.1. The summed E-state index contributed by atoms with van der Waals surface area (Å²) in [6, 6.07) is 2.98. The summed E-state index contributed by atoms with van der Waals surface area (Å²) >= 11 is 0. The number of rotatable bonds is 17. The summed E-state index contributed by atoms with van der Waals surface area (Å²) in [5.74, 6) is -3.14. The molecule has 234 valence electrons. The van der Waals surface area contributed by atoms with Crippen molar-refractivity contribution in [3.05, 3.63) is 72.5 Å². The number of nitrogens with zero attached hydrogens (tertiary/aromatic N) is 2. The van der Waals surface area contributed by atoms with Crippen molar-refractivity contribution in [3.63, 3.8) is 0 Å². The molecular weight excluding hydrogens is 568 g/mol. The van der Waals surface area contributed by atoms with Crippen LogP contribution >= 0.6 is 0 Å². The number of aromatic nitrogens is 5. The zero-order chi connectivity index (χ0) is 31.5. The first-order chi connectivity index (χ1) is 21.2. The van der Waals surface area contributed by atoms with Crippen LogP contribution in [0, 0.1) is 0 Å². The number of imidazole rings is 2. The van der Waals surface area contributed by atoms with E-state index in [2.05, 4.69) is 40.9 Å². The van der Waals surface area contributed by atoms with E-state index >= 15 is 0 Å². The van der Waals surface area contributed by atoms with E-state index in [-0.39, 0.29) is 19.3 Å². The predicted molar refractivity (Wildman–Crippen MR) is 161 cm³/mol. The Morgan fingerprint density at radius 3 is 1.95 bits per heavy atom. The molecule has 44 heavy (non-hydrogen) atoms. The molecule has 4 atom stereocenters. The van der Waals surface area contributed by atoms with Crippen LogP contribution in [-0.4, -0.2) is 84.4 Å². The summed E-state index contributed by atoms with van der Waals surface area (Å²) in [5.41, 5.74) is 14.2. The lowest BCUT2D eigenvalue weighted by atomic mass is 10.0. The van der Waals surface area contributed by atoms with Crippen LogP contribution < -0.4 is 27.4 Å². The van der Waals surface area contributed by atoms with Gasteiger partial charge in [-0.15, -0.1) is 0 Å². The number of fused-ring (bicyclic) bond motifs is 1. The lowest BCUT2D eigenvalue weighted by Crippen LogP contribution is -2.58. The Balaban J connectivity index is 1.50. The van der Waals surface area contributed by atoms with Gasteiger partial charge in [0.15, 0.2) is 0 Å². The van der Waals surface area contributed by atoms with E-state index < -0.39 is 47.9 Å². The van der Waals surface area contributed by atoms with Crippen molar-refractivity contribution in [2.45, 2.75) is 62.7 Å². The van der Waals surface area contributed by atoms with Gasteiger partial charge in [-0.05, 0) is 31.0 Å². The first kappa shape index (κ1) is 31.9. The number of amides is 3. The molecule has 0 saturated heterocycles. The van der Waals surface area contributed by atoms with Crippen LogP contribution in [0.3, 0.4) is 0 Å². The van der Waals surface area contributed by atoms with Gasteiger partial charge in [0, 0.05) is 60.1 Å². The molecule has 0 aliphatic heterocycles. The fourth-order valence-corrected chi connectivity index (χ4v) is 4.83. The SMILES string of the molecule is NCCCCC(N)C(=O)NC(Cc1cnc[nH]1)C(=O)NC(Cc1cnc[nH]1)C(=O)NC(Cc1c[nH]c2ccccc12)C(=O)O. The lowest BCUT2D eigenvalue weighted by molar-refractivity contribution is -0.142. The fourth-order valence-electron chi connectivity index (χ4n) is 4.83. The predicted octanol–water partition coefficient (Wildman–Crippen LogP) is -0.363. The number of carbonyl (C=O) groups is 4. The van der Waals surface area contributed by atoms with Gasteiger partial charge in [-0.1, -0.05) is 24.6 Å². The number of H-pyrrole nitrogens is 3. The molecule has 0 radical (unpaired) electrons. The van der Waals surface area contributed by atoms with E-state index in [9.17, 15) is 24.3 Å². The van der Waals surface area contributed by atoms with Gasteiger partial charge < -0.3 is 47.5 Å². The smallest absolute Gasteiger partial charge is 0.326 e. The number of unbranched alkanes of at least 4 members (excludes halogenated alkanes) is 1. The van der Waals surface area contributed by atoms with Crippen molar-refractivity contribution in [2.75, 3.05) is 6.54 Å². The Morgan fingerprint density at radius 2 is 1.39 bits per heavy atom. The third-order valence-corrected chi connectivity index (χ3v) is 7.24. The van der Waals surface area contributed by atoms with E-state index in [1.54, 1.807) is 6.20 Å². The molecular formula is C29H38N10O5. The molecule has 15 nitrogen and oxygen atoms in total. The Hall–Kier alpha value is -5.02. The number of aliphatic carboxylic acids is 1. The molecule has 4 rings (SSSR count). The fraction of sp³-hybridized carbons (Fsp3) is 0.379. The van der Waals surface area contributed by atoms with Crippen molar-refractivity contribution < 1.29 is 24.3 Å². The second-order valence-electron chi connectivity index (χ2n) is 10.5. The van der Waals surface area contributed by atoms with Gasteiger partial charge in [-0.25, -0.2) is 14.8 Å². The van der Waals surface area contributed by atoms with E-state index in [1.807, 2.05) is 24.3 Å². The number of hydrogen-bond acceptors (Lipinski definition) is 8. The van der Waals surface area contributed by atoms with E-state index in [1.165, 1.54) is 25.0 Å². The highest BCUT2D eigenvalue weighted by Crippen LogP contribution is 2.19. The van der Waals surface area contributed by atoms with Crippen molar-refractivity contribution in [3.8, 4) is 0 Å². The third kappa shape index (κ3) is 8.75. The van der Waals surface area contributed by atoms with Crippen LogP contribution in [-0.2, 0) is 38.4 Å². The molecule has 0 bridgehead atoms. The maximum atomic E-state index is 13.6. The Bertz CT molecular complexity index is 1520. The van der Waals surface area contributed by atoms with Gasteiger partial charge in [0.05, 0.1) is 18.7 Å². The van der Waals surface area contributed by atoms with Crippen LogP contribution in [0.15, 0.2) is 55.5 Å². The summed E-state index contributed by atoms with van der Waals surface area (Å²) in [6.45, 7) is 0.476. The minimum Gasteiger partial charge on any atom is -0.480 e. The summed E-state index contributed by atoms with van der Waals surface area (Å²) in [5, 5.41) is 18.8. The summed E-state index contributed by atoms with van der Waals surface area (Å²) < 4.78 is 0. The van der Waals surface area contributed by atoms with Crippen LogP contribution in [0.2, 0.25) is 0 Å². The average Bonchev–Trinajstić information content (AvgIpc) is 3.79. The van der Waals surface area contributed by atoms with Gasteiger partial charge >= 0.3 is 5.97 Å². The topological polar surface area (TPSA) is 250 Å². The highest BCUT2D eigenvalue weighted by Gasteiger charge is 2.31. The maximum Gasteiger partial charge on any atom is 0.326 e. The number of para-hydroxylation sites is 1. The molecule has 4 aromatic rings. The number of nitrogens with one attached hydrogen (secondary N) is 6. The highest BCUT2D eigenvalue weighted by atomic mass is 16.4. The molecule has 4 unspecified atom stereocenters. The van der Waals surface area contributed by atoms with Gasteiger partial charge in [0.2, 0.25) is 17.7 Å². The second kappa shape index (κ2) is 15.5. The van der Waals surface area contributed by atoms with Crippen molar-refractivity contribution in [2.24, 2.45) is 11.5 Å². The maximum absolute atomic E-state index is 13.6. The first-order valence-electron chi connectivity index (χ1n) is 14.3. The summed E-state index contributed by atoms with van der Waals surface area (Å²) in [7, 11) is 0. The molecule has 11 N–H and O–H groups in total. The molecule has 0 aliphatic carbocycles. The number of carboxylic acids is 1. The van der Waals surface area contributed by atoms with Gasteiger partial charge in [0.25, 0.3) is 0 Å². The monoisotopic (exact) mass is 606 g/mol. The molecule has 3 amide bonds. The standard InChI is InChI=1S/C29H38N10O5/c30-8-4-3-6-21(31)26(40)37-23(10-18-13-32-15-35-18)27(41)38-24(11-19-14-33-16-36-19)28(42)39-25(29(43)44)9-17-12-34-22-7-2-1-5-20(17)22/h1-2,5,7,12-16,21,23-25,34H,3-4,6,8-11,30-31H2,(H,32,35)(H,33,36)(H,37,40)(H,38,41)(H,39,42)(H,43,44). The Morgan fingerprint density at radius 1 is 0.795 bits per heavy atom. The third-order valence-electron chi connectivity index (χ3n) is 7.24. The quantitative estimate of drug-likeness (QED) is 0.0711. The number of nitrogens with two attached hydrogens (primary N) is 2. The first-order valence-corrected chi connectivity index (χ1v) is 14.3. The zero-order valence-corrected chi connectivity index (χ0v) is 24.1. The molecule has 0 spiro atoms. The molecule has 0 saturated carbocycles. The molecule has 0 fully saturated rings. The molecule has 3 heterocycles. The average molecular weight is 607 g/mol. The van der Waals surface area contributed by atoms with Crippen LogP contribution in [0.4, 0.5) is 0 Å². The molecule has 1 aromatic carbocycles. The van der Waals surface area contributed by atoms with Crippen LogP contribution in [0.1, 0.15) is 36.2 Å². The Kier molecular flexibility index (Phi) is 11.2. The van der Waals surface area contributed by atoms with Gasteiger partial charge in [-0.2, -0.15) is 0 Å².